The topological polar surface area (TPSA) is 4.93 Å². The van der Waals surface area contributed by atoms with E-state index in [2.05, 4.69) is 144 Å². The Morgan fingerprint density at radius 1 is 0.417 bits per heavy atom. The average molecular weight is 1490 g/mol. The van der Waals surface area contributed by atoms with Crippen LogP contribution < -0.4 is 51.4 Å². The normalized spacial score (nSPS) is 9.65. The summed E-state index contributed by atoms with van der Waals surface area (Å²) < 4.78 is 3.54. The molecule has 60 heavy (non-hydrogen) atoms. The van der Waals surface area contributed by atoms with E-state index < -0.39 is 0 Å². The van der Waals surface area contributed by atoms with Crippen LogP contribution in [0.15, 0.2) is 114 Å². The van der Waals surface area contributed by atoms with Gasteiger partial charge in [-0.15, -0.1) is 0 Å². The molecule has 1 aromatic heterocycles. The Labute approximate surface area is 963 Å². The van der Waals surface area contributed by atoms with Gasteiger partial charge in [0.2, 0.25) is 0 Å². The van der Waals surface area contributed by atoms with Gasteiger partial charge < -0.3 is 5.99 Å². The number of fused-ring (bicyclic) bond motifs is 6. The molecule has 0 radical (unpaired) electrons. The van der Waals surface area contributed by atoms with E-state index in [-0.39, 0.29) is 58.2 Å². The van der Waals surface area contributed by atoms with Crippen molar-refractivity contribution in [3.8, 4) is 27.9 Å². The number of hydrogen-bond acceptors (Lipinski definition) is 0. The molecule has 0 saturated carbocycles. The van der Waals surface area contributed by atoms with Gasteiger partial charge in [-0.05, 0) is 70.3 Å². The van der Waals surface area contributed by atoms with Gasteiger partial charge in [-0.25, -0.2) is 0 Å². The Balaban J connectivity index is -0.000000157. The van der Waals surface area contributed by atoms with E-state index in [0.29, 0.717) is 0 Å². The summed E-state index contributed by atoms with van der Waals surface area (Å²) in [6, 6.07) is 39.8. The Kier molecular flexibility index (Phi) is 160. The fourth-order valence-electron chi connectivity index (χ4n) is 5.93. The predicted octanol–water partition coefficient (Wildman–Crippen LogP) is -2.50. The Morgan fingerprint density at radius 2 is 0.833 bits per heavy atom. The quantitative estimate of drug-likeness (QED) is 0.170. The van der Waals surface area contributed by atoms with Crippen LogP contribution in [-0.4, -0.2) is 762 Å². The fraction of sp³-hybridized carbons (Fsp3) is 0.0909. The van der Waals surface area contributed by atoms with Gasteiger partial charge in [0.1, 0.15) is 0 Å². The molecule has 5 aromatic carbocycles. The number of hydrogen-bond donors (Lipinski definition) is 0. The molecule has 0 unspecified atom stereocenters. The third kappa shape index (κ3) is 48.4. The van der Waals surface area contributed by atoms with E-state index in [4.69, 9.17) is 0 Å². The van der Waals surface area contributed by atoms with Crippen molar-refractivity contribution in [3.05, 3.63) is 125 Å². The van der Waals surface area contributed by atoms with Crippen molar-refractivity contribution in [2.75, 3.05) is 0 Å². The van der Waals surface area contributed by atoms with E-state index >= 15 is 0 Å². The van der Waals surface area contributed by atoms with Crippen molar-refractivity contribution in [1.82, 2.24) is 4.57 Å². The summed E-state index contributed by atoms with van der Waals surface area (Å²) in [5, 5.41) is 2.57. The van der Waals surface area contributed by atoms with Crippen LogP contribution in [0.3, 0.4) is 0 Å². The first-order chi connectivity index (χ1) is 29.0. The molecule has 0 aliphatic heterocycles. The molecule has 7 rings (SSSR count). The van der Waals surface area contributed by atoms with Crippen LogP contribution in [0.5, 0.6) is 0 Å². The van der Waals surface area contributed by atoms with Gasteiger partial charge in [0.15, 0.2) is 0 Å². The molecule has 0 atom stereocenters. The SMILES string of the molecule is CC1(C)c2cc(-c3ccc4c(c3)c3ccccc3n4-c3ccccc3)ccc2-c2c(Br)cccc21.[H-].[K+].[K][K].[K][K].[K][K].[K][K].[K][K].[K][K].[K][K].[K][K].[K][K].[K][K].[K][K].[K][K]. The molecule has 1 heterocycles. The summed E-state index contributed by atoms with van der Waals surface area (Å²) in [5.41, 5.74) is 11.6. The Bertz CT molecular complexity index is 1840. The van der Waals surface area contributed by atoms with Crippen LogP contribution in [-0.2, 0) is 5.41 Å². The van der Waals surface area contributed by atoms with Gasteiger partial charge in [-0.1, -0.05) is 96.5 Å². The summed E-state index contributed by atoms with van der Waals surface area (Å²) in [4.78, 5) is 0. The van der Waals surface area contributed by atoms with Crippen LogP contribution in [0, 0.1) is 0 Å². The van der Waals surface area contributed by atoms with Crippen LogP contribution in [0.4, 0.5) is 0 Å². The molecule has 0 amide bonds. The van der Waals surface area contributed by atoms with Crippen molar-refractivity contribution in [1.29, 1.82) is 0 Å². The van der Waals surface area contributed by atoms with Crippen LogP contribution in [0.25, 0.3) is 49.7 Å². The zero-order valence-corrected chi connectivity index (χ0v) is 124. The molecule has 6 aromatic rings. The number of benzene rings is 5. The first kappa shape index (κ1) is 111. The van der Waals surface area contributed by atoms with Gasteiger partial charge in [-0.3, -0.25) is 0 Å². The van der Waals surface area contributed by atoms with Crippen LogP contribution in [0.2, 0.25) is 0 Å². The molecule has 0 saturated heterocycles. The van der Waals surface area contributed by atoms with Gasteiger partial charge in [0, 0.05) is 31.9 Å². The number of aromatic nitrogens is 1. The van der Waals surface area contributed by atoms with Gasteiger partial charge in [0.05, 0.1) is 11.0 Å². The van der Waals surface area contributed by atoms with Gasteiger partial charge >= 0.3 is 809 Å². The minimum atomic E-state index is -0.0299. The third-order valence-corrected chi connectivity index (χ3v) is 8.33. The van der Waals surface area contributed by atoms with E-state index in [1.807, 2.05) is 0 Å². The fourth-order valence-corrected chi connectivity index (χ4v) is 6.51. The van der Waals surface area contributed by atoms with Crippen molar-refractivity contribution < 1.29 is 52.8 Å². The summed E-state index contributed by atoms with van der Waals surface area (Å²) in [6.07, 6.45) is 0. The van der Waals surface area contributed by atoms with E-state index in [1.165, 1.54) is 823 Å². The summed E-state index contributed by atoms with van der Waals surface area (Å²) in [7, 11) is 0. The van der Waals surface area contributed by atoms with Crippen LogP contribution >= 0.6 is 15.9 Å². The molecule has 0 spiro atoms. The molecule has 0 N–H and O–H groups in total. The number of para-hydroxylation sites is 2. The standard InChI is InChI=1S/C33H24BrN.25K.H/c1-33(2)27-12-8-13-29(34)32(27)25-17-15-22(20-28(25)33)21-16-18-31-26(19-21)24-11-6-7-14-30(24)35(31)23-9-4-3-5-10-23;;;;;;;;;;;;;;;;;;;;;;;;;;/h3-20H,1-2H3;;;;;;;;;;;;;;;;;;;;;;;;;;/q;;;;;;;;;;;;;;;;;;;;;;;;;+1;-1. The summed E-state index contributed by atoms with van der Waals surface area (Å²) in [5.74, 6) is 0. The summed E-state index contributed by atoms with van der Waals surface area (Å²) >= 11 is 33.8. The van der Waals surface area contributed by atoms with Crippen molar-refractivity contribution in [3.63, 3.8) is 0 Å². The second-order valence-corrected chi connectivity index (χ2v) is 10.8. The molecular formula is C33H25BrK25N. The van der Waals surface area contributed by atoms with Gasteiger partial charge in [-0.2, -0.15) is 0 Å². The first-order valence-electron chi connectivity index (χ1n) is 24.1. The third-order valence-electron chi connectivity index (χ3n) is 7.67. The second-order valence-electron chi connectivity index (χ2n) is 9.97. The molecular weight excluding hydrogens is 1470 g/mol. The minimum absolute atomic E-state index is 0. The van der Waals surface area contributed by atoms with E-state index in [0.717, 1.165) is 0 Å². The summed E-state index contributed by atoms with van der Waals surface area (Å²) in [6.45, 7) is 4.68. The molecule has 0 bridgehead atoms. The van der Waals surface area contributed by atoms with Crippen molar-refractivity contribution in [2.45, 2.75) is 19.3 Å². The van der Waals surface area contributed by atoms with Crippen LogP contribution in [0.1, 0.15) is 26.4 Å². The number of halogens is 1. The zero-order valence-electron chi connectivity index (χ0n) is 45.7. The predicted molar refractivity (Wildman–Crippen MR) is 291 cm³/mol. The Morgan fingerprint density at radius 3 is 1.33 bits per heavy atom. The average Bonchev–Trinajstić information content (AvgIpc) is 3.82. The van der Waals surface area contributed by atoms with E-state index in [9.17, 15) is 0 Å². The zero-order chi connectivity index (χ0) is 47.7. The molecule has 1 aliphatic rings. The van der Waals surface area contributed by atoms with Crippen molar-refractivity contribution in [2.24, 2.45) is 0 Å². The maximum atomic E-state index is 3.80. The molecule has 194 valence electrons. The monoisotopic (exact) mass is 1490 g/mol. The molecule has 27 heteroatoms. The second kappa shape index (κ2) is 86.9. The maximum absolute atomic E-state index is 3.80. The van der Waals surface area contributed by atoms with E-state index in [1.54, 1.807) is 0 Å². The molecule has 0 fully saturated rings. The Hall–Kier alpha value is 37.3. The van der Waals surface area contributed by atoms with Crippen molar-refractivity contribution >= 4 is 796 Å². The molecule has 1 nitrogen and oxygen atoms in total. The van der Waals surface area contributed by atoms with Gasteiger partial charge in [0.25, 0.3) is 0 Å². The molecule has 1 aliphatic carbocycles. The number of rotatable bonds is 2. The first-order valence-corrected chi connectivity index (χ1v) is 217. The number of nitrogens with zero attached hydrogens (tertiary/aromatic N) is 1.